The average molecular weight is 371 g/mol. The van der Waals surface area contributed by atoms with Gasteiger partial charge in [-0.3, -0.25) is 4.79 Å². The first-order chi connectivity index (χ1) is 13.6. The van der Waals surface area contributed by atoms with Crippen LogP contribution in [0.5, 0.6) is 11.6 Å². The molecule has 6 nitrogen and oxygen atoms in total. The molecule has 0 aliphatic carbocycles. The lowest BCUT2D eigenvalue weighted by molar-refractivity contribution is 0.0994. The van der Waals surface area contributed by atoms with E-state index >= 15 is 0 Å². The second kappa shape index (κ2) is 7.36. The van der Waals surface area contributed by atoms with Crippen LogP contribution in [0.3, 0.4) is 0 Å². The summed E-state index contributed by atoms with van der Waals surface area (Å²) in [5, 5.41) is 28.7. The molecule has 3 aromatic carbocycles. The number of fused-ring (bicyclic) bond motifs is 1. The van der Waals surface area contributed by atoms with E-state index in [0.29, 0.717) is 11.9 Å². The Morgan fingerprint density at radius 1 is 0.893 bits per heavy atom. The minimum Gasteiger partial charge on any atom is -0.508 e. The largest absolute Gasteiger partial charge is 0.508 e. The summed E-state index contributed by atoms with van der Waals surface area (Å²) in [6.07, 6.45) is 0. The predicted octanol–water partition coefficient (Wildman–Crippen LogP) is 5.02. The maximum absolute atomic E-state index is 12.3. The Kier molecular flexibility index (Phi) is 4.60. The first-order valence-corrected chi connectivity index (χ1v) is 8.72. The number of carbonyl (C=O) groups excluding carboxylic acids is 1. The van der Waals surface area contributed by atoms with Gasteiger partial charge < -0.3 is 14.8 Å². The van der Waals surface area contributed by atoms with Crippen LogP contribution in [0.25, 0.3) is 10.9 Å². The van der Waals surface area contributed by atoms with Gasteiger partial charge in [-0.1, -0.05) is 54.6 Å². The van der Waals surface area contributed by atoms with Gasteiger partial charge in [-0.05, 0) is 29.8 Å². The fourth-order valence-corrected chi connectivity index (χ4v) is 3.09. The maximum atomic E-state index is 12.3. The van der Waals surface area contributed by atoms with Crippen molar-refractivity contribution in [2.45, 2.75) is 6.54 Å². The Balaban J connectivity index is 1.73. The SMILES string of the molecule is O=C(N=Nc1c(O)n(Cc2ccccc2)c2ccccc12)c1cccc(O)c1. The van der Waals surface area contributed by atoms with Gasteiger partial charge in [0.15, 0.2) is 5.69 Å². The minimum absolute atomic E-state index is 0.0247. The van der Waals surface area contributed by atoms with E-state index in [1.165, 1.54) is 12.1 Å². The van der Waals surface area contributed by atoms with Crippen molar-refractivity contribution in [2.75, 3.05) is 0 Å². The van der Waals surface area contributed by atoms with Gasteiger partial charge in [-0.15, -0.1) is 10.2 Å². The highest BCUT2D eigenvalue weighted by atomic mass is 16.3. The van der Waals surface area contributed by atoms with E-state index < -0.39 is 5.91 Å². The normalized spacial score (nSPS) is 11.3. The molecule has 138 valence electrons. The van der Waals surface area contributed by atoms with Crippen molar-refractivity contribution in [3.05, 3.63) is 90.0 Å². The van der Waals surface area contributed by atoms with Crippen molar-refractivity contribution in [1.29, 1.82) is 0 Å². The lowest BCUT2D eigenvalue weighted by Crippen LogP contribution is -1.98. The summed E-state index contributed by atoms with van der Waals surface area (Å²) >= 11 is 0. The van der Waals surface area contributed by atoms with Crippen LogP contribution in [-0.2, 0) is 6.54 Å². The van der Waals surface area contributed by atoms with Crippen molar-refractivity contribution in [3.63, 3.8) is 0 Å². The van der Waals surface area contributed by atoms with Crippen molar-refractivity contribution in [3.8, 4) is 11.6 Å². The van der Waals surface area contributed by atoms with E-state index in [1.54, 1.807) is 16.7 Å². The minimum atomic E-state index is -0.602. The summed E-state index contributed by atoms with van der Waals surface area (Å²) in [6.45, 7) is 0.462. The summed E-state index contributed by atoms with van der Waals surface area (Å²) in [7, 11) is 0. The number of hydrogen-bond acceptors (Lipinski definition) is 4. The molecule has 28 heavy (non-hydrogen) atoms. The third-order valence-corrected chi connectivity index (χ3v) is 4.43. The zero-order valence-electron chi connectivity index (χ0n) is 14.9. The Bertz CT molecular complexity index is 1180. The van der Waals surface area contributed by atoms with Gasteiger partial charge in [0.1, 0.15) is 5.75 Å². The molecule has 1 amide bonds. The molecule has 0 bridgehead atoms. The van der Waals surface area contributed by atoms with Gasteiger partial charge in [0.05, 0.1) is 12.1 Å². The molecule has 1 heterocycles. The molecule has 2 N–H and O–H groups in total. The standard InChI is InChI=1S/C22H17N3O3/c26-17-10-6-9-16(13-17)21(27)24-23-20-18-11-4-5-12-19(18)25(22(20)28)14-15-7-2-1-3-8-15/h1-13,26,28H,14H2. The predicted molar refractivity (Wildman–Crippen MR) is 106 cm³/mol. The molecule has 0 fully saturated rings. The van der Waals surface area contributed by atoms with Crippen LogP contribution in [0.15, 0.2) is 89.1 Å². The van der Waals surface area contributed by atoms with Crippen LogP contribution in [0.1, 0.15) is 15.9 Å². The van der Waals surface area contributed by atoms with Gasteiger partial charge in [0.25, 0.3) is 5.91 Å². The van der Waals surface area contributed by atoms with E-state index in [9.17, 15) is 15.0 Å². The van der Waals surface area contributed by atoms with E-state index in [2.05, 4.69) is 10.2 Å². The zero-order valence-corrected chi connectivity index (χ0v) is 14.9. The molecule has 4 rings (SSSR count). The number of para-hydroxylation sites is 1. The number of hydrogen-bond donors (Lipinski definition) is 2. The van der Waals surface area contributed by atoms with Gasteiger partial charge in [-0.25, -0.2) is 0 Å². The zero-order chi connectivity index (χ0) is 19.5. The molecule has 0 aliphatic heterocycles. The number of azo groups is 1. The number of aromatic nitrogens is 1. The monoisotopic (exact) mass is 371 g/mol. The second-order valence-electron chi connectivity index (χ2n) is 6.32. The fraction of sp³-hybridized carbons (Fsp3) is 0.0455. The molecule has 0 spiro atoms. The highest BCUT2D eigenvalue weighted by molar-refractivity contribution is 5.97. The highest BCUT2D eigenvalue weighted by Gasteiger charge is 2.17. The number of aromatic hydroxyl groups is 2. The Labute approximate surface area is 161 Å². The van der Waals surface area contributed by atoms with Crippen LogP contribution in [0.4, 0.5) is 5.69 Å². The maximum Gasteiger partial charge on any atom is 0.295 e. The Morgan fingerprint density at radius 2 is 1.64 bits per heavy atom. The van der Waals surface area contributed by atoms with E-state index in [-0.39, 0.29) is 22.9 Å². The Hall–Kier alpha value is -3.93. The third-order valence-electron chi connectivity index (χ3n) is 4.43. The summed E-state index contributed by atoms with van der Waals surface area (Å²) in [5.74, 6) is -0.684. The number of amides is 1. The molecule has 0 saturated heterocycles. The van der Waals surface area contributed by atoms with Crippen LogP contribution < -0.4 is 0 Å². The molecule has 4 aromatic rings. The average Bonchev–Trinajstić information content (AvgIpc) is 2.98. The summed E-state index contributed by atoms with van der Waals surface area (Å²) in [5.41, 5.74) is 2.27. The van der Waals surface area contributed by atoms with E-state index in [1.807, 2.05) is 54.6 Å². The number of phenolic OH excluding ortho intramolecular Hbond substituents is 1. The first kappa shape index (κ1) is 17.5. The molecular weight excluding hydrogens is 354 g/mol. The van der Waals surface area contributed by atoms with Crippen molar-refractivity contribution < 1.29 is 15.0 Å². The summed E-state index contributed by atoms with van der Waals surface area (Å²) in [6, 6.07) is 23.1. The quantitative estimate of drug-likeness (QED) is 0.494. The molecule has 0 saturated carbocycles. The van der Waals surface area contributed by atoms with Crippen molar-refractivity contribution in [2.24, 2.45) is 10.2 Å². The topological polar surface area (TPSA) is 87.2 Å². The number of carbonyl (C=O) groups is 1. The first-order valence-electron chi connectivity index (χ1n) is 8.72. The lowest BCUT2D eigenvalue weighted by atomic mass is 10.2. The number of nitrogens with zero attached hydrogens (tertiary/aromatic N) is 3. The van der Waals surface area contributed by atoms with Gasteiger partial charge in [0, 0.05) is 10.9 Å². The summed E-state index contributed by atoms with van der Waals surface area (Å²) in [4.78, 5) is 12.3. The second-order valence-corrected chi connectivity index (χ2v) is 6.32. The van der Waals surface area contributed by atoms with E-state index in [4.69, 9.17) is 0 Å². The van der Waals surface area contributed by atoms with Crippen molar-refractivity contribution >= 4 is 22.5 Å². The molecule has 0 radical (unpaired) electrons. The molecular formula is C22H17N3O3. The van der Waals surface area contributed by atoms with Crippen LogP contribution in [0, 0.1) is 0 Å². The Morgan fingerprint density at radius 3 is 2.43 bits per heavy atom. The highest BCUT2D eigenvalue weighted by Crippen LogP contribution is 2.39. The van der Waals surface area contributed by atoms with Crippen LogP contribution in [-0.4, -0.2) is 20.7 Å². The van der Waals surface area contributed by atoms with Gasteiger partial charge in [0.2, 0.25) is 5.88 Å². The molecule has 1 aromatic heterocycles. The number of rotatable bonds is 4. The van der Waals surface area contributed by atoms with Gasteiger partial charge >= 0.3 is 0 Å². The molecule has 0 atom stereocenters. The van der Waals surface area contributed by atoms with Crippen LogP contribution in [0.2, 0.25) is 0 Å². The smallest absolute Gasteiger partial charge is 0.295 e. The molecule has 0 aliphatic rings. The fourth-order valence-electron chi connectivity index (χ4n) is 3.09. The number of benzene rings is 3. The summed E-state index contributed by atoms with van der Waals surface area (Å²) < 4.78 is 1.73. The molecule has 6 heteroatoms. The van der Waals surface area contributed by atoms with E-state index in [0.717, 1.165) is 11.1 Å². The van der Waals surface area contributed by atoms with Crippen molar-refractivity contribution in [1.82, 2.24) is 4.57 Å². The third kappa shape index (κ3) is 3.35. The lowest BCUT2D eigenvalue weighted by Gasteiger charge is -2.06. The van der Waals surface area contributed by atoms with Crippen LogP contribution >= 0.6 is 0 Å². The molecule has 0 unspecified atom stereocenters. The van der Waals surface area contributed by atoms with Gasteiger partial charge in [-0.2, -0.15) is 0 Å². The number of phenols is 1.